The largest absolute Gasteiger partial charge is 0.456 e. The number of imidazole rings is 1. The van der Waals surface area contributed by atoms with E-state index in [1.54, 1.807) is 0 Å². The number of nitrogen functional groups attached to an aromatic ring is 1. The number of carbonyl (C=O) groups is 4. The molecule has 0 spiro atoms. The maximum absolute atomic E-state index is 13.4. The molecule has 2 saturated heterocycles. The molecule has 0 radical (unpaired) electrons. The van der Waals surface area contributed by atoms with Crippen LogP contribution in [0, 0.1) is 0 Å². The standard InChI is InChI=1S/C26H26N6O8/c1-12(33)37-21-16(7-8-18(35)32-20-15-6-4-3-5-14(15)9-17(20)40-26(32)36)39-25(22(21)38-13(2)34)31-11-30-19-23(27)28-10-29-24(19)31/h3-6,10-11,16-17,20-22,25H,7-9H2,1-2H3,(H2,27,28,29)/t16-,17-,20+,21-,22-,25-/m1/s1. The van der Waals surface area contributed by atoms with E-state index in [0.29, 0.717) is 17.6 Å². The molecule has 0 bridgehead atoms. The van der Waals surface area contributed by atoms with Crippen molar-refractivity contribution in [1.82, 2.24) is 24.4 Å². The smallest absolute Gasteiger partial charge is 0.417 e. The van der Waals surface area contributed by atoms with Gasteiger partial charge in [0.05, 0.1) is 6.33 Å². The third kappa shape index (κ3) is 4.29. The fourth-order valence-corrected chi connectivity index (χ4v) is 5.76. The molecule has 14 heteroatoms. The number of fused-ring (bicyclic) bond motifs is 4. The number of ether oxygens (including phenoxy) is 4. The van der Waals surface area contributed by atoms with E-state index in [9.17, 15) is 19.2 Å². The van der Waals surface area contributed by atoms with Crippen molar-refractivity contribution < 1.29 is 38.1 Å². The lowest BCUT2D eigenvalue weighted by Crippen LogP contribution is -2.40. The minimum Gasteiger partial charge on any atom is -0.456 e. The Bertz CT molecular complexity index is 1520. The van der Waals surface area contributed by atoms with Crippen LogP contribution in [-0.2, 0) is 39.8 Å². The van der Waals surface area contributed by atoms with Gasteiger partial charge in [-0.1, -0.05) is 24.3 Å². The molecule has 2 aliphatic heterocycles. The Morgan fingerprint density at radius 2 is 1.82 bits per heavy atom. The van der Waals surface area contributed by atoms with Crippen molar-refractivity contribution in [1.29, 1.82) is 0 Å². The minimum atomic E-state index is -1.09. The molecule has 1 aromatic carbocycles. The number of nitrogens with two attached hydrogens (primary N) is 1. The number of anilines is 1. The quantitative estimate of drug-likeness (QED) is 0.347. The van der Waals surface area contributed by atoms with E-state index in [-0.39, 0.29) is 18.7 Å². The SMILES string of the molecule is CC(=O)O[C@@H]1[C@H](OC(C)=O)[C@@H](CCC(=O)N2C(=O)O[C@@H]3Cc4ccccc4[C@@H]32)O[C@H]1n1cnc2c(N)ncnc21. The van der Waals surface area contributed by atoms with Crippen LogP contribution in [-0.4, -0.2) is 72.8 Å². The monoisotopic (exact) mass is 550 g/mol. The number of carbonyl (C=O) groups excluding carboxylic acids is 4. The summed E-state index contributed by atoms with van der Waals surface area (Å²) >= 11 is 0. The van der Waals surface area contributed by atoms with Crippen molar-refractivity contribution in [2.75, 3.05) is 5.73 Å². The first-order valence-electron chi connectivity index (χ1n) is 12.8. The van der Waals surface area contributed by atoms with E-state index < -0.39 is 60.6 Å². The van der Waals surface area contributed by atoms with Crippen molar-refractivity contribution in [2.24, 2.45) is 0 Å². The fraction of sp³-hybridized carbons (Fsp3) is 0.423. The fourth-order valence-electron chi connectivity index (χ4n) is 5.76. The van der Waals surface area contributed by atoms with Gasteiger partial charge >= 0.3 is 18.0 Å². The molecule has 40 heavy (non-hydrogen) atoms. The summed E-state index contributed by atoms with van der Waals surface area (Å²) in [4.78, 5) is 63.7. The number of aromatic nitrogens is 4. The molecular weight excluding hydrogens is 524 g/mol. The molecule has 2 N–H and O–H groups in total. The molecule has 208 valence electrons. The molecule has 1 aliphatic carbocycles. The van der Waals surface area contributed by atoms with Crippen LogP contribution in [0.1, 0.15) is 50.1 Å². The first-order valence-corrected chi connectivity index (χ1v) is 12.8. The Hall–Kier alpha value is -4.59. The van der Waals surface area contributed by atoms with Gasteiger partial charge in [0.1, 0.15) is 30.1 Å². The summed E-state index contributed by atoms with van der Waals surface area (Å²) in [5.41, 5.74) is 8.46. The van der Waals surface area contributed by atoms with Crippen LogP contribution < -0.4 is 5.73 Å². The summed E-state index contributed by atoms with van der Waals surface area (Å²) in [7, 11) is 0. The third-order valence-electron chi connectivity index (χ3n) is 7.34. The molecular formula is C26H26N6O8. The van der Waals surface area contributed by atoms with Crippen LogP contribution in [0.3, 0.4) is 0 Å². The number of nitrogens with zero attached hydrogens (tertiary/aromatic N) is 5. The first kappa shape index (κ1) is 25.7. The predicted octanol–water partition coefficient (Wildman–Crippen LogP) is 1.59. The van der Waals surface area contributed by atoms with E-state index in [1.807, 2.05) is 24.3 Å². The van der Waals surface area contributed by atoms with Gasteiger partial charge in [0, 0.05) is 26.7 Å². The predicted molar refractivity (Wildman–Crippen MR) is 134 cm³/mol. The number of amides is 2. The van der Waals surface area contributed by atoms with Gasteiger partial charge in [0.15, 0.2) is 29.9 Å². The maximum Gasteiger partial charge on any atom is 0.417 e. The highest BCUT2D eigenvalue weighted by Crippen LogP contribution is 2.43. The van der Waals surface area contributed by atoms with Gasteiger partial charge in [-0.25, -0.2) is 24.6 Å². The first-order chi connectivity index (χ1) is 19.2. The van der Waals surface area contributed by atoms with Crippen molar-refractivity contribution in [3.05, 3.63) is 48.0 Å². The van der Waals surface area contributed by atoms with E-state index in [4.69, 9.17) is 24.7 Å². The van der Waals surface area contributed by atoms with Crippen LogP contribution in [0.2, 0.25) is 0 Å². The number of esters is 2. The Kier molecular flexibility index (Phi) is 6.33. The average molecular weight is 551 g/mol. The van der Waals surface area contributed by atoms with E-state index >= 15 is 0 Å². The lowest BCUT2D eigenvalue weighted by Gasteiger charge is -2.24. The molecule has 2 amide bonds. The van der Waals surface area contributed by atoms with Crippen molar-refractivity contribution in [2.45, 2.75) is 69.8 Å². The lowest BCUT2D eigenvalue weighted by molar-refractivity contribution is -0.165. The van der Waals surface area contributed by atoms with Crippen molar-refractivity contribution in [3.63, 3.8) is 0 Å². The molecule has 14 nitrogen and oxygen atoms in total. The van der Waals surface area contributed by atoms with Crippen LogP contribution in [0.5, 0.6) is 0 Å². The highest BCUT2D eigenvalue weighted by molar-refractivity contribution is 5.94. The number of hydrogen-bond donors (Lipinski definition) is 1. The summed E-state index contributed by atoms with van der Waals surface area (Å²) < 4.78 is 24.4. The third-order valence-corrected chi connectivity index (χ3v) is 7.34. The van der Waals surface area contributed by atoms with Crippen LogP contribution in [0.4, 0.5) is 10.6 Å². The summed E-state index contributed by atoms with van der Waals surface area (Å²) in [5, 5.41) is 0. The van der Waals surface area contributed by atoms with Gasteiger partial charge in [0.25, 0.3) is 0 Å². The zero-order valence-corrected chi connectivity index (χ0v) is 21.6. The summed E-state index contributed by atoms with van der Waals surface area (Å²) in [6, 6.07) is 7.10. The molecule has 6 atom stereocenters. The molecule has 2 aromatic heterocycles. The Labute approximate surface area is 227 Å². The Balaban J connectivity index is 1.26. The highest BCUT2D eigenvalue weighted by Gasteiger charge is 2.52. The van der Waals surface area contributed by atoms with Gasteiger partial charge in [0.2, 0.25) is 5.91 Å². The van der Waals surface area contributed by atoms with E-state index in [2.05, 4.69) is 15.0 Å². The number of imide groups is 1. The second-order valence-electron chi connectivity index (χ2n) is 9.87. The number of benzene rings is 1. The Morgan fingerprint density at radius 1 is 1.07 bits per heavy atom. The Morgan fingerprint density at radius 3 is 2.60 bits per heavy atom. The second-order valence-corrected chi connectivity index (χ2v) is 9.87. The minimum absolute atomic E-state index is 0.0532. The number of hydrogen-bond acceptors (Lipinski definition) is 12. The molecule has 2 fully saturated rings. The summed E-state index contributed by atoms with van der Waals surface area (Å²) in [6.45, 7) is 2.44. The highest BCUT2D eigenvalue weighted by atomic mass is 16.6. The van der Waals surface area contributed by atoms with Crippen LogP contribution in [0.15, 0.2) is 36.9 Å². The van der Waals surface area contributed by atoms with Crippen molar-refractivity contribution in [3.8, 4) is 0 Å². The van der Waals surface area contributed by atoms with Crippen LogP contribution in [0.25, 0.3) is 11.2 Å². The zero-order valence-electron chi connectivity index (χ0n) is 21.6. The second kappa shape index (κ2) is 9.86. The lowest BCUT2D eigenvalue weighted by atomic mass is 10.0. The molecule has 4 heterocycles. The summed E-state index contributed by atoms with van der Waals surface area (Å²) in [6.07, 6.45) is -2.01. The maximum atomic E-state index is 13.4. The normalized spacial score (nSPS) is 26.9. The topological polar surface area (TPSA) is 178 Å². The van der Waals surface area contributed by atoms with Gasteiger partial charge in [-0.05, 0) is 17.5 Å². The number of rotatable bonds is 6. The summed E-state index contributed by atoms with van der Waals surface area (Å²) in [5.74, 6) is -1.57. The van der Waals surface area contributed by atoms with Gasteiger partial charge in [-0.3, -0.25) is 19.0 Å². The molecule has 6 rings (SSSR count). The van der Waals surface area contributed by atoms with Gasteiger partial charge < -0.3 is 24.7 Å². The molecule has 3 aliphatic rings. The van der Waals surface area contributed by atoms with E-state index in [0.717, 1.165) is 16.0 Å². The van der Waals surface area contributed by atoms with Gasteiger partial charge in [-0.15, -0.1) is 0 Å². The zero-order chi connectivity index (χ0) is 28.1. The molecule has 0 unspecified atom stereocenters. The van der Waals surface area contributed by atoms with E-state index in [1.165, 1.54) is 31.1 Å². The van der Waals surface area contributed by atoms with Gasteiger partial charge in [-0.2, -0.15) is 0 Å². The molecule has 0 saturated carbocycles. The van der Waals surface area contributed by atoms with Crippen molar-refractivity contribution >= 4 is 40.9 Å². The average Bonchev–Trinajstić information content (AvgIpc) is 3.64. The van der Waals surface area contributed by atoms with Crippen LogP contribution >= 0.6 is 0 Å². The molecule has 3 aromatic rings.